The zero-order chi connectivity index (χ0) is 11.5. The van der Waals surface area contributed by atoms with E-state index >= 15 is 0 Å². The van der Waals surface area contributed by atoms with Gasteiger partial charge in [-0.05, 0) is 32.6 Å². The van der Waals surface area contributed by atoms with Crippen molar-refractivity contribution in [3.63, 3.8) is 0 Å². The van der Waals surface area contributed by atoms with Crippen LogP contribution in [-0.2, 0) is 4.79 Å². The van der Waals surface area contributed by atoms with Gasteiger partial charge < -0.3 is 10.0 Å². The van der Waals surface area contributed by atoms with E-state index < -0.39 is 5.60 Å². The van der Waals surface area contributed by atoms with Gasteiger partial charge in [0.25, 0.3) is 5.91 Å². The summed E-state index contributed by atoms with van der Waals surface area (Å²) in [7, 11) is 1.79. The van der Waals surface area contributed by atoms with Gasteiger partial charge in [-0.15, -0.1) is 0 Å². The highest BCUT2D eigenvalue weighted by Crippen LogP contribution is 2.24. The monoisotopic (exact) mass is 213 g/mol. The summed E-state index contributed by atoms with van der Waals surface area (Å²) in [5, 5.41) is 9.59. The molecular weight excluding hydrogens is 190 g/mol. The Morgan fingerprint density at radius 3 is 2.33 bits per heavy atom. The number of carbonyl (C=O) groups excluding carboxylic acids is 1. The van der Waals surface area contributed by atoms with E-state index in [2.05, 4.69) is 0 Å². The van der Waals surface area contributed by atoms with Gasteiger partial charge in [-0.3, -0.25) is 4.79 Å². The highest BCUT2D eigenvalue weighted by Gasteiger charge is 2.28. The van der Waals surface area contributed by atoms with Crippen LogP contribution in [0.4, 0.5) is 0 Å². The first kappa shape index (κ1) is 12.5. The van der Waals surface area contributed by atoms with Crippen LogP contribution in [0, 0.1) is 5.92 Å². The lowest BCUT2D eigenvalue weighted by atomic mass is 9.89. The van der Waals surface area contributed by atoms with Crippen molar-refractivity contribution in [2.45, 2.75) is 51.6 Å². The van der Waals surface area contributed by atoms with Crippen molar-refractivity contribution >= 4 is 5.91 Å². The molecule has 0 saturated heterocycles. The van der Waals surface area contributed by atoms with E-state index in [0.29, 0.717) is 5.92 Å². The fourth-order valence-electron chi connectivity index (χ4n) is 2.31. The number of hydrogen-bond donors (Lipinski definition) is 1. The van der Waals surface area contributed by atoms with E-state index in [1.807, 2.05) is 0 Å². The molecule has 88 valence electrons. The van der Waals surface area contributed by atoms with Gasteiger partial charge in [-0.25, -0.2) is 0 Å². The van der Waals surface area contributed by atoms with Gasteiger partial charge in [-0.2, -0.15) is 0 Å². The smallest absolute Gasteiger partial charge is 0.253 e. The molecule has 0 aromatic heterocycles. The van der Waals surface area contributed by atoms with Crippen molar-refractivity contribution < 1.29 is 9.90 Å². The summed E-state index contributed by atoms with van der Waals surface area (Å²) in [5.74, 6) is 0.461. The molecule has 0 aromatic rings. The minimum absolute atomic E-state index is 0.173. The maximum absolute atomic E-state index is 11.7. The number of amides is 1. The predicted octanol–water partition coefficient (Wildman–Crippen LogP) is 1.80. The third-order valence-corrected chi connectivity index (χ3v) is 3.13. The fraction of sp³-hybridized carbons (Fsp3) is 0.917. The molecule has 1 aliphatic carbocycles. The third kappa shape index (κ3) is 3.82. The molecule has 0 radical (unpaired) electrons. The molecule has 1 fully saturated rings. The Bertz CT molecular complexity index is 214. The molecular formula is C12H23NO2. The van der Waals surface area contributed by atoms with E-state index in [9.17, 15) is 9.90 Å². The number of likely N-dealkylation sites (N-methyl/N-ethyl adjacent to an activating group) is 1. The second-order valence-electron chi connectivity index (χ2n) is 5.25. The van der Waals surface area contributed by atoms with Crippen molar-refractivity contribution in [1.29, 1.82) is 0 Å². The van der Waals surface area contributed by atoms with Crippen molar-refractivity contribution in [3.8, 4) is 0 Å². The Morgan fingerprint density at radius 2 is 1.87 bits per heavy atom. The highest BCUT2D eigenvalue weighted by molar-refractivity contribution is 5.83. The molecule has 0 aromatic carbocycles. The summed E-state index contributed by atoms with van der Waals surface area (Å²) in [6.45, 7) is 3.89. The van der Waals surface area contributed by atoms with Crippen LogP contribution >= 0.6 is 0 Å². The predicted molar refractivity (Wildman–Crippen MR) is 60.5 cm³/mol. The zero-order valence-electron chi connectivity index (χ0n) is 10.1. The molecule has 1 N–H and O–H groups in total. The normalized spacial score (nSPS) is 18.9. The molecule has 15 heavy (non-hydrogen) atoms. The summed E-state index contributed by atoms with van der Waals surface area (Å²) in [5.41, 5.74) is -1.23. The lowest BCUT2D eigenvalue weighted by molar-refractivity contribution is -0.147. The van der Waals surface area contributed by atoms with Gasteiger partial charge in [0, 0.05) is 13.6 Å². The van der Waals surface area contributed by atoms with E-state index in [-0.39, 0.29) is 5.91 Å². The van der Waals surface area contributed by atoms with Crippen molar-refractivity contribution in [3.05, 3.63) is 0 Å². The molecule has 0 unspecified atom stereocenters. The average Bonchev–Trinajstić information content (AvgIpc) is 2.16. The van der Waals surface area contributed by atoms with Gasteiger partial charge in [-0.1, -0.05) is 19.3 Å². The fourth-order valence-corrected chi connectivity index (χ4v) is 2.31. The highest BCUT2D eigenvalue weighted by atomic mass is 16.3. The van der Waals surface area contributed by atoms with Gasteiger partial charge in [0.05, 0.1) is 0 Å². The molecule has 0 atom stereocenters. The maximum Gasteiger partial charge on any atom is 0.253 e. The van der Waals surface area contributed by atoms with Crippen LogP contribution in [0.25, 0.3) is 0 Å². The first-order valence-electron chi connectivity index (χ1n) is 5.89. The largest absolute Gasteiger partial charge is 0.381 e. The van der Waals surface area contributed by atoms with E-state index in [1.54, 1.807) is 25.8 Å². The Hall–Kier alpha value is -0.570. The van der Waals surface area contributed by atoms with Gasteiger partial charge in [0.2, 0.25) is 0 Å². The van der Waals surface area contributed by atoms with E-state index in [4.69, 9.17) is 0 Å². The third-order valence-electron chi connectivity index (χ3n) is 3.13. The summed E-state index contributed by atoms with van der Waals surface area (Å²) >= 11 is 0. The molecule has 0 aliphatic heterocycles. The van der Waals surface area contributed by atoms with Crippen LogP contribution in [0.5, 0.6) is 0 Å². The Morgan fingerprint density at radius 1 is 1.33 bits per heavy atom. The van der Waals surface area contributed by atoms with Crippen molar-refractivity contribution in [2.24, 2.45) is 5.92 Å². The molecule has 0 bridgehead atoms. The van der Waals surface area contributed by atoms with E-state index in [0.717, 1.165) is 6.54 Å². The molecule has 1 rings (SSSR count). The standard InChI is InChI=1S/C12H23NO2/c1-12(2,15)11(14)13(3)9-10-7-5-4-6-8-10/h10,15H,4-9H2,1-3H3. The Kier molecular flexibility index (Phi) is 4.14. The van der Waals surface area contributed by atoms with Crippen LogP contribution in [0.2, 0.25) is 0 Å². The quantitative estimate of drug-likeness (QED) is 0.776. The average molecular weight is 213 g/mol. The molecule has 1 amide bonds. The first-order valence-corrected chi connectivity index (χ1v) is 5.89. The summed E-state index contributed by atoms with van der Waals surface area (Å²) in [6, 6.07) is 0. The number of nitrogens with zero attached hydrogens (tertiary/aromatic N) is 1. The lowest BCUT2D eigenvalue weighted by Crippen LogP contribution is -2.45. The summed E-state index contributed by atoms with van der Waals surface area (Å²) in [6.07, 6.45) is 6.36. The van der Waals surface area contributed by atoms with Gasteiger partial charge in [0.1, 0.15) is 5.60 Å². The maximum atomic E-state index is 11.7. The minimum Gasteiger partial charge on any atom is -0.381 e. The molecule has 3 heteroatoms. The number of rotatable bonds is 3. The van der Waals surface area contributed by atoms with E-state index in [1.165, 1.54) is 32.1 Å². The summed E-state index contributed by atoms with van der Waals surface area (Å²) < 4.78 is 0. The second-order valence-corrected chi connectivity index (χ2v) is 5.25. The number of carbonyl (C=O) groups is 1. The molecule has 3 nitrogen and oxygen atoms in total. The van der Waals surface area contributed by atoms with Crippen LogP contribution in [-0.4, -0.2) is 35.1 Å². The summed E-state index contributed by atoms with van der Waals surface area (Å²) in [4.78, 5) is 13.4. The first-order chi connectivity index (χ1) is 6.91. The van der Waals surface area contributed by atoms with Crippen LogP contribution in [0.1, 0.15) is 46.0 Å². The molecule has 1 aliphatic rings. The Balaban J connectivity index is 2.40. The minimum atomic E-state index is -1.23. The Labute approximate surface area is 92.5 Å². The SMILES string of the molecule is CN(CC1CCCCC1)C(=O)C(C)(C)O. The lowest BCUT2D eigenvalue weighted by Gasteiger charge is -2.30. The van der Waals surface area contributed by atoms with Crippen LogP contribution in [0.15, 0.2) is 0 Å². The zero-order valence-corrected chi connectivity index (χ0v) is 10.1. The van der Waals surface area contributed by atoms with Crippen LogP contribution in [0.3, 0.4) is 0 Å². The van der Waals surface area contributed by atoms with Gasteiger partial charge in [0.15, 0.2) is 0 Å². The van der Waals surface area contributed by atoms with Crippen LogP contribution < -0.4 is 0 Å². The molecule has 0 heterocycles. The number of aliphatic hydroxyl groups is 1. The second kappa shape index (κ2) is 4.97. The topological polar surface area (TPSA) is 40.5 Å². The van der Waals surface area contributed by atoms with Crippen molar-refractivity contribution in [1.82, 2.24) is 4.90 Å². The molecule has 0 spiro atoms. The van der Waals surface area contributed by atoms with Gasteiger partial charge >= 0.3 is 0 Å². The molecule has 1 saturated carbocycles. The number of hydrogen-bond acceptors (Lipinski definition) is 2. The van der Waals surface area contributed by atoms with Crippen molar-refractivity contribution in [2.75, 3.05) is 13.6 Å².